The summed E-state index contributed by atoms with van der Waals surface area (Å²) in [6, 6.07) is 8.78. The quantitative estimate of drug-likeness (QED) is 0.634. The Morgan fingerprint density at radius 1 is 1.09 bits per heavy atom. The van der Waals surface area contributed by atoms with Crippen molar-refractivity contribution in [1.29, 1.82) is 0 Å². The van der Waals surface area contributed by atoms with E-state index in [1.165, 1.54) is 11.3 Å². The van der Waals surface area contributed by atoms with Crippen molar-refractivity contribution < 1.29 is 19.4 Å². The molecule has 2 atom stereocenters. The van der Waals surface area contributed by atoms with Gasteiger partial charge in [-0.2, -0.15) is 0 Å². The molecule has 7 nitrogen and oxygen atoms in total. The lowest BCUT2D eigenvalue weighted by atomic mass is 9.52. The van der Waals surface area contributed by atoms with E-state index in [1.54, 1.807) is 0 Å². The zero-order valence-corrected chi connectivity index (χ0v) is 20.8. The van der Waals surface area contributed by atoms with E-state index in [4.69, 9.17) is 4.74 Å². The van der Waals surface area contributed by atoms with Crippen molar-refractivity contribution in [3.8, 4) is 0 Å². The second-order valence-corrected chi connectivity index (χ2v) is 11.7. The summed E-state index contributed by atoms with van der Waals surface area (Å²) in [6.07, 6.45) is 4.34. The molecule has 0 spiro atoms. The Morgan fingerprint density at radius 3 is 2.50 bits per heavy atom. The Morgan fingerprint density at radius 2 is 1.82 bits per heavy atom. The average Bonchev–Trinajstić information content (AvgIpc) is 3.01. The molecule has 1 aromatic rings. The van der Waals surface area contributed by atoms with Crippen molar-refractivity contribution in [2.45, 2.75) is 76.5 Å². The van der Waals surface area contributed by atoms with Crippen molar-refractivity contribution in [3.05, 3.63) is 29.8 Å². The van der Waals surface area contributed by atoms with E-state index in [9.17, 15) is 14.7 Å². The molecule has 2 N–H and O–H groups in total. The molecule has 1 aliphatic heterocycles. The SMILES string of the molecule is Cc1cccc(N2CCCN(C(C)(C)C(=O)NC3C4CC5CC3CC(OC(=O)O)(C5)C4)CC2)c1. The number of hydrogen-bond acceptors (Lipinski definition) is 5. The summed E-state index contributed by atoms with van der Waals surface area (Å²) in [5, 5.41) is 12.7. The van der Waals surface area contributed by atoms with Crippen LogP contribution in [0.25, 0.3) is 0 Å². The van der Waals surface area contributed by atoms with Crippen LogP contribution >= 0.6 is 0 Å². The van der Waals surface area contributed by atoms with Crippen molar-refractivity contribution >= 4 is 17.7 Å². The Labute approximate surface area is 202 Å². The van der Waals surface area contributed by atoms with Gasteiger partial charge in [0.25, 0.3) is 0 Å². The van der Waals surface area contributed by atoms with Gasteiger partial charge in [-0.25, -0.2) is 4.79 Å². The third kappa shape index (κ3) is 4.39. The molecule has 34 heavy (non-hydrogen) atoms. The maximum atomic E-state index is 13.6. The minimum absolute atomic E-state index is 0.0992. The van der Waals surface area contributed by atoms with E-state index in [0.717, 1.165) is 64.7 Å². The van der Waals surface area contributed by atoms with Crippen molar-refractivity contribution in [3.63, 3.8) is 0 Å². The summed E-state index contributed by atoms with van der Waals surface area (Å²) >= 11 is 0. The van der Waals surface area contributed by atoms with Crippen LogP contribution < -0.4 is 10.2 Å². The molecular formula is C27H39N3O4. The molecule has 5 fully saturated rings. The number of ether oxygens (including phenoxy) is 1. The standard InChI is InChI=1S/C27H39N3O4/c1-18-6-4-7-22(12-18)29-8-5-9-30(11-10-29)26(2,3)24(31)28-23-20-13-19-14-21(23)17-27(15-19,16-20)34-25(32)33/h4,6-7,12,19-21,23H,5,8-11,13-17H2,1-3H3,(H,28,31)(H,32,33). The lowest BCUT2D eigenvalue weighted by Gasteiger charge is -2.59. The van der Waals surface area contributed by atoms with Gasteiger partial charge in [-0.3, -0.25) is 9.69 Å². The third-order valence-corrected chi connectivity index (χ3v) is 9.03. The molecule has 1 heterocycles. The summed E-state index contributed by atoms with van der Waals surface area (Å²) in [5.74, 6) is 1.25. The lowest BCUT2D eigenvalue weighted by Crippen LogP contribution is -2.65. The molecular weight excluding hydrogens is 430 g/mol. The number of carboxylic acid groups (broad SMARTS) is 1. The topological polar surface area (TPSA) is 82.1 Å². The fraction of sp³-hybridized carbons (Fsp3) is 0.704. The molecule has 1 aromatic carbocycles. The van der Waals surface area contributed by atoms with E-state index >= 15 is 0 Å². The fourth-order valence-corrected chi connectivity index (χ4v) is 7.53. The Balaban J connectivity index is 1.23. The molecule has 4 bridgehead atoms. The first-order valence-electron chi connectivity index (χ1n) is 12.9. The van der Waals surface area contributed by atoms with Gasteiger partial charge in [-0.05, 0) is 94.7 Å². The Kier molecular flexibility index (Phi) is 6.03. The van der Waals surface area contributed by atoms with Crippen molar-refractivity contribution in [2.24, 2.45) is 17.8 Å². The molecule has 6 rings (SSSR count). The maximum Gasteiger partial charge on any atom is 0.506 e. The van der Waals surface area contributed by atoms with Crippen LogP contribution in [0, 0.1) is 24.7 Å². The van der Waals surface area contributed by atoms with Crippen LogP contribution in [0.1, 0.15) is 57.9 Å². The van der Waals surface area contributed by atoms with Crippen LogP contribution in [-0.4, -0.2) is 65.4 Å². The van der Waals surface area contributed by atoms with Crippen LogP contribution in [0.15, 0.2) is 24.3 Å². The molecule has 4 aliphatic carbocycles. The van der Waals surface area contributed by atoms with Crippen molar-refractivity contribution in [2.75, 3.05) is 31.1 Å². The molecule has 0 radical (unpaired) electrons. The van der Waals surface area contributed by atoms with Crippen LogP contribution in [0.4, 0.5) is 10.5 Å². The van der Waals surface area contributed by atoms with Crippen LogP contribution in [0.5, 0.6) is 0 Å². The first-order chi connectivity index (χ1) is 16.1. The highest BCUT2D eigenvalue weighted by atomic mass is 16.7. The monoisotopic (exact) mass is 469 g/mol. The van der Waals surface area contributed by atoms with Gasteiger partial charge in [0.1, 0.15) is 5.60 Å². The van der Waals surface area contributed by atoms with E-state index < -0.39 is 17.3 Å². The van der Waals surface area contributed by atoms with E-state index in [1.807, 2.05) is 0 Å². The number of amides is 1. The summed E-state index contributed by atoms with van der Waals surface area (Å²) in [7, 11) is 0. The number of carbonyl (C=O) groups is 2. The highest BCUT2D eigenvalue weighted by Gasteiger charge is 2.58. The molecule has 2 unspecified atom stereocenters. The van der Waals surface area contributed by atoms with Gasteiger partial charge in [0, 0.05) is 37.9 Å². The number of nitrogens with zero attached hydrogens (tertiary/aromatic N) is 2. The third-order valence-electron chi connectivity index (χ3n) is 9.03. The minimum atomic E-state index is -1.16. The highest BCUT2D eigenvalue weighted by Crippen LogP contribution is 2.57. The average molecular weight is 470 g/mol. The zero-order valence-electron chi connectivity index (χ0n) is 20.8. The number of benzene rings is 1. The Bertz CT molecular complexity index is 932. The van der Waals surface area contributed by atoms with Crippen LogP contribution in [-0.2, 0) is 9.53 Å². The fourth-order valence-electron chi connectivity index (χ4n) is 7.53. The van der Waals surface area contributed by atoms with Gasteiger partial charge in [0.05, 0.1) is 5.54 Å². The van der Waals surface area contributed by atoms with Gasteiger partial charge in [0.15, 0.2) is 0 Å². The predicted octanol–water partition coefficient (Wildman–Crippen LogP) is 4.04. The number of hydrogen-bond donors (Lipinski definition) is 2. The number of rotatable bonds is 5. The van der Waals surface area contributed by atoms with Gasteiger partial charge in [-0.15, -0.1) is 0 Å². The van der Waals surface area contributed by atoms with E-state index in [-0.39, 0.29) is 11.9 Å². The largest absolute Gasteiger partial charge is 0.506 e. The summed E-state index contributed by atoms with van der Waals surface area (Å²) in [6.45, 7) is 9.89. The normalized spacial score (nSPS) is 33.4. The summed E-state index contributed by atoms with van der Waals surface area (Å²) < 4.78 is 5.43. The molecule has 1 amide bonds. The molecule has 4 saturated carbocycles. The number of nitrogens with one attached hydrogen (secondary N) is 1. The maximum absolute atomic E-state index is 13.6. The summed E-state index contributed by atoms with van der Waals surface area (Å²) in [5.41, 5.74) is 1.41. The van der Waals surface area contributed by atoms with Crippen LogP contribution in [0.3, 0.4) is 0 Å². The first-order valence-corrected chi connectivity index (χ1v) is 12.9. The first kappa shape index (κ1) is 23.5. The van der Waals surface area contributed by atoms with Gasteiger partial charge in [0.2, 0.25) is 5.91 Å². The predicted molar refractivity (Wildman–Crippen MR) is 131 cm³/mol. The second-order valence-electron chi connectivity index (χ2n) is 11.7. The zero-order chi connectivity index (χ0) is 24.1. The molecule has 0 aromatic heterocycles. The van der Waals surface area contributed by atoms with Gasteiger partial charge in [-0.1, -0.05) is 12.1 Å². The van der Waals surface area contributed by atoms with Gasteiger partial charge < -0.3 is 20.1 Å². The van der Waals surface area contributed by atoms with Crippen LogP contribution in [0.2, 0.25) is 0 Å². The number of anilines is 1. The molecule has 186 valence electrons. The lowest BCUT2D eigenvalue weighted by molar-refractivity contribution is -0.157. The highest BCUT2D eigenvalue weighted by molar-refractivity contribution is 5.85. The summed E-state index contributed by atoms with van der Waals surface area (Å²) in [4.78, 5) is 29.7. The van der Waals surface area contributed by atoms with Crippen molar-refractivity contribution in [1.82, 2.24) is 10.2 Å². The minimum Gasteiger partial charge on any atom is -0.450 e. The number of aryl methyl sites for hydroxylation is 1. The van der Waals surface area contributed by atoms with Gasteiger partial charge >= 0.3 is 6.16 Å². The smallest absolute Gasteiger partial charge is 0.450 e. The second kappa shape index (κ2) is 8.74. The molecule has 1 saturated heterocycles. The molecule has 5 aliphatic rings. The molecule has 7 heteroatoms. The number of carbonyl (C=O) groups excluding carboxylic acids is 1. The Hall–Kier alpha value is -2.28. The van der Waals surface area contributed by atoms with E-state index in [2.05, 4.69) is 60.2 Å². The van der Waals surface area contributed by atoms with E-state index in [0.29, 0.717) is 17.8 Å².